The second-order valence-corrected chi connectivity index (χ2v) is 6.96. The average Bonchev–Trinajstić information content (AvgIpc) is 2.67. The van der Waals surface area contributed by atoms with Crippen LogP contribution in [0.2, 0.25) is 0 Å². The number of amides is 2. The fourth-order valence-corrected chi connectivity index (χ4v) is 3.43. The van der Waals surface area contributed by atoms with Crippen molar-refractivity contribution in [1.82, 2.24) is 15.2 Å². The van der Waals surface area contributed by atoms with Crippen molar-refractivity contribution in [2.24, 2.45) is 0 Å². The van der Waals surface area contributed by atoms with Gasteiger partial charge in [-0.2, -0.15) is 0 Å². The van der Waals surface area contributed by atoms with E-state index >= 15 is 0 Å². The Labute approximate surface area is 156 Å². The zero-order valence-electron chi connectivity index (χ0n) is 15.9. The Balaban J connectivity index is 1.58. The van der Waals surface area contributed by atoms with Crippen molar-refractivity contribution in [3.63, 3.8) is 0 Å². The molecule has 1 aromatic carbocycles. The van der Waals surface area contributed by atoms with Crippen LogP contribution in [0.25, 0.3) is 0 Å². The maximum Gasteiger partial charge on any atom is 0.318 e. The number of anilines is 1. The van der Waals surface area contributed by atoms with Crippen molar-refractivity contribution >= 4 is 11.7 Å². The summed E-state index contributed by atoms with van der Waals surface area (Å²) < 4.78 is 0. The second-order valence-electron chi connectivity index (χ2n) is 6.96. The number of pyridine rings is 1. The van der Waals surface area contributed by atoms with E-state index in [0.29, 0.717) is 0 Å². The fourth-order valence-electron chi connectivity index (χ4n) is 3.43. The molecule has 3 rings (SSSR count). The lowest BCUT2D eigenvalue weighted by Crippen LogP contribution is -2.52. The molecule has 0 spiro atoms. The summed E-state index contributed by atoms with van der Waals surface area (Å²) >= 11 is 0. The van der Waals surface area contributed by atoms with Crippen molar-refractivity contribution in [1.29, 1.82) is 0 Å². The van der Waals surface area contributed by atoms with Gasteiger partial charge in [0.15, 0.2) is 0 Å². The molecule has 0 bridgehead atoms. The van der Waals surface area contributed by atoms with Crippen molar-refractivity contribution in [3.05, 3.63) is 59.4 Å². The molecule has 5 heteroatoms. The van der Waals surface area contributed by atoms with E-state index in [0.717, 1.165) is 38.2 Å². The number of urea groups is 1. The third-order valence-corrected chi connectivity index (χ3v) is 5.08. The predicted molar refractivity (Wildman–Crippen MR) is 106 cm³/mol. The first kappa shape index (κ1) is 18.2. The van der Waals surface area contributed by atoms with Gasteiger partial charge in [0.25, 0.3) is 0 Å². The van der Waals surface area contributed by atoms with E-state index in [-0.39, 0.29) is 12.1 Å². The van der Waals surface area contributed by atoms with Crippen LogP contribution in [-0.2, 0) is 0 Å². The lowest BCUT2D eigenvalue weighted by atomic mass is 10.0. The number of aromatic nitrogens is 1. The Kier molecular flexibility index (Phi) is 5.76. The molecule has 138 valence electrons. The number of hydrogen-bond acceptors (Lipinski definition) is 3. The van der Waals surface area contributed by atoms with Crippen LogP contribution in [0.5, 0.6) is 0 Å². The third kappa shape index (κ3) is 4.15. The van der Waals surface area contributed by atoms with Gasteiger partial charge < -0.3 is 15.1 Å². The highest BCUT2D eigenvalue weighted by Crippen LogP contribution is 2.21. The van der Waals surface area contributed by atoms with Crippen molar-refractivity contribution in [2.45, 2.75) is 33.2 Å². The summed E-state index contributed by atoms with van der Waals surface area (Å²) in [5.41, 5.74) is 4.79. The van der Waals surface area contributed by atoms with Crippen LogP contribution in [0.4, 0.5) is 10.5 Å². The fraction of sp³-hybridized carbons (Fsp3) is 0.429. The SMILES string of the molecule is CC[C@H](NC(=O)N1CCN(c2ccncc2C)CC1)c1ccc(C)cc1. The average molecular weight is 352 g/mol. The maximum atomic E-state index is 12.7. The van der Waals surface area contributed by atoms with E-state index in [2.05, 4.69) is 66.3 Å². The quantitative estimate of drug-likeness (QED) is 0.913. The molecule has 0 radical (unpaired) electrons. The Morgan fingerprint density at radius 1 is 1.12 bits per heavy atom. The number of rotatable bonds is 4. The van der Waals surface area contributed by atoms with Gasteiger partial charge in [0.2, 0.25) is 0 Å². The van der Waals surface area contributed by atoms with Crippen molar-refractivity contribution in [2.75, 3.05) is 31.1 Å². The smallest absolute Gasteiger partial charge is 0.318 e. The molecule has 2 amide bonds. The molecule has 1 saturated heterocycles. The van der Waals surface area contributed by atoms with Gasteiger partial charge in [0.05, 0.1) is 6.04 Å². The summed E-state index contributed by atoms with van der Waals surface area (Å²) in [6.07, 6.45) is 4.60. The van der Waals surface area contributed by atoms with Crippen LogP contribution in [0, 0.1) is 13.8 Å². The second kappa shape index (κ2) is 8.21. The third-order valence-electron chi connectivity index (χ3n) is 5.08. The number of benzene rings is 1. The Morgan fingerprint density at radius 2 is 1.81 bits per heavy atom. The molecule has 0 saturated carbocycles. The van der Waals surface area contributed by atoms with Gasteiger partial charge in [0.1, 0.15) is 0 Å². The summed E-state index contributed by atoms with van der Waals surface area (Å²) in [5.74, 6) is 0. The van der Waals surface area contributed by atoms with E-state index in [4.69, 9.17) is 0 Å². The van der Waals surface area contributed by atoms with E-state index in [9.17, 15) is 4.79 Å². The number of aryl methyl sites for hydroxylation is 2. The summed E-state index contributed by atoms with van der Waals surface area (Å²) in [6, 6.07) is 10.5. The van der Waals surface area contributed by atoms with Crippen LogP contribution in [0.1, 0.15) is 36.1 Å². The lowest BCUT2D eigenvalue weighted by Gasteiger charge is -2.37. The minimum atomic E-state index is 0.0310. The van der Waals surface area contributed by atoms with Gasteiger partial charge in [-0.05, 0) is 37.5 Å². The summed E-state index contributed by atoms with van der Waals surface area (Å²) in [4.78, 5) is 21.1. The molecule has 0 unspecified atom stereocenters. The minimum absolute atomic E-state index is 0.0310. The topological polar surface area (TPSA) is 48.5 Å². The van der Waals surface area contributed by atoms with Gasteiger partial charge in [-0.15, -0.1) is 0 Å². The minimum Gasteiger partial charge on any atom is -0.368 e. The molecule has 0 aliphatic carbocycles. The summed E-state index contributed by atoms with van der Waals surface area (Å²) in [6.45, 7) is 9.42. The molecule has 5 nitrogen and oxygen atoms in total. The first-order valence-corrected chi connectivity index (χ1v) is 9.36. The molecule has 1 aliphatic heterocycles. The number of nitrogens with zero attached hydrogens (tertiary/aromatic N) is 3. The molecule has 26 heavy (non-hydrogen) atoms. The summed E-state index contributed by atoms with van der Waals surface area (Å²) in [5, 5.41) is 3.20. The Hall–Kier alpha value is -2.56. The van der Waals surface area contributed by atoms with Crippen LogP contribution in [-0.4, -0.2) is 42.1 Å². The van der Waals surface area contributed by atoms with Gasteiger partial charge in [-0.3, -0.25) is 4.98 Å². The molecule has 2 heterocycles. The first-order valence-electron chi connectivity index (χ1n) is 9.36. The molecule has 1 atom stereocenters. The zero-order valence-corrected chi connectivity index (χ0v) is 15.9. The molecule has 1 aromatic heterocycles. The molecule has 1 fully saturated rings. The number of piperazine rings is 1. The number of carbonyl (C=O) groups is 1. The monoisotopic (exact) mass is 352 g/mol. The van der Waals surface area contributed by atoms with Crippen LogP contribution in [0.15, 0.2) is 42.7 Å². The zero-order chi connectivity index (χ0) is 18.5. The molecular formula is C21H28N4O. The maximum absolute atomic E-state index is 12.7. The molecular weight excluding hydrogens is 324 g/mol. The van der Waals surface area contributed by atoms with E-state index in [1.54, 1.807) is 0 Å². The van der Waals surface area contributed by atoms with E-state index in [1.807, 2.05) is 17.3 Å². The molecule has 1 N–H and O–H groups in total. The first-order chi connectivity index (χ1) is 12.6. The lowest BCUT2D eigenvalue weighted by molar-refractivity contribution is 0.190. The van der Waals surface area contributed by atoms with E-state index in [1.165, 1.54) is 16.8 Å². The highest BCUT2D eigenvalue weighted by molar-refractivity contribution is 5.75. The summed E-state index contributed by atoms with van der Waals surface area (Å²) in [7, 11) is 0. The van der Waals surface area contributed by atoms with Crippen LogP contribution >= 0.6 is 0 Å². The number of hydrogen-bond donors (Lipinski definition) is 1. The number of nitrogens with one attached hydrogen (secondary N) is 1. The largest absolute Gasteiger partial charge is 0.368 e. The number of carbonyl (C=O) groups excluding carboxylic acids is 1. The highest BCUT2D eigenvalue weighted by Gasteiger charge is 2.23. The highest BCUT2D eigenvalue weighted by atomic mass is 16.2. The standard InChI is InChI=1S/C21H28N4O/c1-4-19(18-7-5-16(2)6-8-18)23-21(26)25-13-11-24(12-14-25)20-9-10-22-15-17(20)3/h5-10,15,19H,4,11-14H2,1-3H3,(H,23,26)/t19-/m0/s1. The predicted octanol–water partition coefficient (Wildman–Crippen LogP) is 3.68. The van der Waals surface area contributed by atoms with Gasteiger partial charge in [-0.1, -0.05) is 36.8 Å². The van der Waals surface area contributed by atoms with Crippen molar-refractivity contribution < 1.29 is 4.79 Å². The Bertz CT molecular complexity index is 736. The van der Waals surface area contributed by atoms with Crippen molar-refractivity contribution in [3.8, 4) is 0 Å². The van der Waals surface area contributed by atoms with Gasteiger partial charge in [-0.25, -0.2) is 4.79 Å². The van der Waals surface area contributed by atoms with Gasteiger partial charge >= 0.3 is 6.03 Å². The van der Waals surface area contributed by atoms with Crippen LogP contribution in [0.3, 0.4) is 0 Å². The normalized spacial score (nSPS) is 15.7. The molecule has 1 aliphatic rings. The molecule has 2 aromatic rings. The Morgan fingerprint density at radius 3 is 2.42 bits per heavy atom. The van der Waals surface area contributed by atoms with E-state index < -0.39 is 0 Å². The van der Waals surface area contributed by atoms with Gasteiger partial charge in [0, 0.05) is 44.3 Å². The van der Waals surface area contributed by atoms with Crippen LogP contribution < -0.4 is 10.2 Å².